The fraction of sp³-hybridized carbons (Fsp3) is 0.625. The summed E-state index contributed by atoms with van der Waals surface area (Å²) in [7, 11) is 0. The molecule has 0 bridgehead atoms. The van der Waals surface area contributed by atoms with Gasteiger partial charge in [-0.25, -0.2) is 0 Å². The number of halogens is 2. The molecule has 1 aromatic rings. The van der Waals surface area contributed by atoms with Crippen molar-refractivity contribution in [2.45, 2.75) is 32.9 Å². The zero-order valence-corrected chi connectivity index (χ0v) is 12.5. The molecule has 0 amide bonds. The highest BCUT2D eigenvalue weighted by Crippen LogP contribution is 2.22. The molecule has 1 N–H and O–H groups in total. The van der Waals surface area contributed by atoms with E-state index in [1.807, 2.05) is 12.1 Å². The molecule has 5 heteroatoms. The number of ether oxygens (including phenoxy) is 1. The van der Waals surface area contributed by atoms with Crippen molar-refractivity contribution in [3.05, 3.63) is 29.8 Å². The van der Waals surface area contributed by atoms with Gasteiger partial charge in [0.1, 0.15) is 5.75 Å². The lowest BCUT2D eigenvalue weighted by molar-refractivity contribution is -0.0508. The number of nitrogens with one attached hydrogen (secondary N) is 1. The zero-order valence-electron chi connectivity index (χ0n) is 12.5. The maximum Gasteiger partial charge on any atom is 0.387 e. The van der Waals surface area contributed by atoms with E-state index in [1.54, 1.807) is 12.1 Å². The topological polar surface area (TPSA) is 24.5 Å². The molecule has 1 atom stereocenters. The maximum absolute atomic E-state index is 12.4. The highest BCUT2D eigenvalue weighted by atomic mass is 19.3. The van der Waals surface area contributed by atoms with Crippen LogP contribution in [0.4, 0.5) is 8.78 Å². The van der Waals surface area contributed by atoms with Crippen LogP contribution in [0.3, 0.4) is 0 Å². The quantitative estimate of drug-likeness (QED) is 0.837. The molecule has 21 heavy (non-hydrogen) atoms. The Hall–Kier alpha value is -1.20. The minimum absolute atomic E-state index is 0.285. The van der Waals surface area contributed by atoms with E-state index in [1.165, 1.54) is 12.8 Å². The summed E-state index contributed by atoms with van der Waals surface area (Å²) in [6.45, 7) is 4.03. The van der Waals surface area contributed by atoms with Crippen LogP contribution in [0.1, 0.15) is 25.3 Å². The van der Waals surface area contributed by atoms with E-state index < -0.39 is 6.61 Å². The average molecular weight is 298 g/mol. The van der Waals surface area contributed by atoms with Crippen molar-refractivity contribution in [1.29, 1.82) is 0 Å². The van der Waals surface area contributed by atoms with E-state index in [-0.39, 0.29) is 5.75 Å². The number of hydrogen-bond acceptors (Lipinski definition) is 3. The van der Waals surface area contributed by atoms with Crippen molar-refractivity contribution >= 4 is 0 Å². The molecule has 0 spiro atoms. The molecule has 0 saturated carbocycles. The Balaban J connectivity index is 1.97. The first kappa shape index (κ1) is 16.2. The number of piperidine rings is 1. The van der Waals surface area contributed by atoms with Gasteiger partial charge in [-0.05, 0) is 44.5 Å². The largest absolute Gasteiger partial charge is 0.434 e. The van der Waals surface area contributed by atoms with Gasteiger partial charge in [0.15, 0.2) is 0 Å². The van der Waals surface area contributed by atoms with Gasteiger partial charge in [0.05, 0.1) is 0 Å². The molecule has 1 saturated heterocycles. The third kappa shape index (κ3) is 5.25. The molecule has 2 rings (SSSR count). The molecule has 1 heterocycles. The minimum atomic E-state index is -2.77. The SMILES string of the molecule is CCN(Cc1ccccc1OC(F)F)CC1CCCNC1. The Bertz CT molecular complexity index is 422. The number of rotatable bonds is 7. The van der Waals surface area contributed by atoms with Crippen molar-refractivity contribution in [2.24, 2.45) is 5.92 Å². The molecule has 0 aromatic heterocycles. The van der Waals surface area contributed by atoms with Crippen LogP contribution < -0.4 is 10.1 Å². The third-order valence-electron chi connectivity index (χ3n) is 3.95. The molecule has 1 fully saturated rings. The smallest absolute Gasteiger partial charge is 0.387 e. The van der Waals surface area contributed by atoms with Gasteiger partial charge in [-0.3, -0.25) is 4.90 Å². The van der Waals surface area contributed by atoms with Gasteiger partial charge >= 0.3 is 6.61 Å². The second-order valence-electron chi connectivity index (χ2n) is 5.53. The molecule has 118 valence electrons. The summed E-state index contributed by atoms with van der Waals surface area (Å²) >= 11 is 0. The fourth-order valence-corrected chi connectivity index (χ4v) is 2.84. The van der Waals surface area contributed by atoms with Crippen LogP contribution in [0.25, 0.3) is 0 Å². The van der Waals surface area contributed by atoms with Crippen LogP contribution in [0.15, 0.2) is 24.3 Å². The number of para-hydroxylation sites is 1. The number of nitrogens with zero attached hydrogens (tertiary/aromatic N) is 1. The molecule has 0 aliphatic carbocycles. The summed E-state index contributed by atoms with van der Waals surface area (Å²) in [4.78, 5) is 2.30. The summed E-state index contributed by atoms with van der Waals surface area (Å²) in [6, 6.07) is 7.06. The standard InChI is InChI=1S/C16H24F2N2O/c1-2-20(11-13-6-5-9-19-10-13)12-14-7-3-4-8-15(14)21-16(17)18/h3-4,7-8,13,16,19H,2,5-6,9-12H2,1H3. The van der Waals surface area contributed by atoms with E-state index in [0.29, 0.717) is 12.5 Å². The molecule has 1 aromatic carbocycles. The first-order valence-electron chi connectivity index (χ1n) is 7.64. The number of alkyl halides is 2. The molecule has 3 nitrogen and oxygen atoms in total. The van der Waals surface area contributed by atoms with E-state index in [9.17, 15) is 8.78 Å². The Morgan fingerprint density at radius 2 is 2.19 bits per heavy atom. The highest BCUT2D eigenvalue weighted by Gasteiger charge is 2.18. The van der Waals surface area contributed by atoms with E-state index in [0.717, 1.165) is 31.7 Å². The second-order valence-corrected chi connectivity index (χ2v) is 5.53. The van der Waals surface area contributed by atoms with Crippen LogP contribution in [0.2, 0.25) is 0 Å². The highest BCUT2D eigenvalue weighted by molar-refractivity contribution is 5.33. The van der Waals surface area contributed by atoms with Crippen molar-refractivity contribution in [3.63, 3.8) is 0 Å². The molecule has 1 aliphatic heterocycles. The van der Waals surface area contributed by atoms with E-state index >= 15 is 0 Å². The van der Waals surface area contributed by atoms with Gasteiger partial charge < -0.3 is 10.1 Å². The normalized spacial score (nSPS) is 19.2. The lowest BCUT2D eigenvalue weighted by Crippen LogP contribution is -2.38. The molecular weight excluding hydrogens is 274 g/mol. The van der Waals surface area contributed by atoms with Crippen molar-refractivity contribution in [3.8, 4) is 5.75 Å². The number of hydrogen-bond donors (Lipinski definition) is 1. The fourth-order valence-electron chi connectivity index (χ4n) is 2.84. The van der Waals surface area contributed by atoms with Crippen LogP contribution in [0.5, 0.6) is 5.75 Å². The van der Waals surface area contributed by atoms with Gasteiger partial charge in [0.2, 0.25) is 0 Å². The van der Waals surface area contributed by atoms with Crippen molar-refractivity contribution in [2.75, 3.05) is 26.2 Å². The summed E-state index contributed by atoms with van der Waals surface area (Å²) in [5.74, 6) is 0.926. The Morgan fingerprint density at radius 3 is 2.86 bits per heavy atom. The van der Waals surface area contributed by atoms with Crippen LogP contribution in [0, 0.1) is 5.92 Å². The molecule has 0 radical (unpaired) electrons. The predicted octanol–water partition coefficient (Wildman–Crippen LogP) is 3.11. The van der Waals surface area contributed by atoms with Crippen LogP contribution >= 0.6 is 0 Å². The monoisotopic (exact) mass is 298 g/mol. The van der Waals surface area contributed by atoms with Crippen LogP contribution in [-0.4, -0.2) is 37.7 Å². The lowest BCUT2D eigenvalue weighted by Gasteiger charge is -2.29. The van der Waals surface area contributed by atoms with E-state index in [2.05, 4.69) is 21.9 Å². The minimum Gasteiger partial charge on any atom is -0.434 e. The lowest BCUT2D eigenvalue weighted by atomic mass is 9.99. The molecule has 1 unspecified atom stereocenters. The average Bonchev–Trinajstić information content (AvgIpc) is 2.49. The third-order valence-corrected chi connectivity index (χ3v) is 3.95. The summed E-state index contributed by atoms with van der Waals surface area (Å²) in [5, 5.41) is 3.42. The Labute approximate surface area is 125 Å². The molecular formula is C16H24F2N2O. The Kier molecular flexibility index (Phi) is 6.39. The maximum atomic E-state index is 12.4. The van der Waals surface area contributed by atoms with Gasteiger partial charge in [-0.1, -0.05) is 25.1 Å². The van der Waals surface area contributed by atoms with Crippen molar-refractivity contribution < 1.29 is 13.5 Å². The second kappa shape index (κ2) is 8.29. The zero-order chi connectivity index (χ0) is 15.1. The van der Waals surface area contributed by atoms with Gasteiger partial charge in [-0.15, -0.1) is 0 Å². The summed E-state index contributed by atoms with van der Waals surface area (Å²) in [5.41, 5.74) is 0.823. The number of benzene rings is 1. The first-order chi connectivity index (χ1) is 10.2. The van der Waals surface area contributed by atoms with E-state index in [4.69, 9.17) is 0 Å². The summed E-state index contributed by atoms with van der Waals surface area (Å²) in [6.07, 6.45) is 2.45. The van der Waals surface area contributed by atoms with Gasteiger partial charge in [0, 0.05) is 18.7 Å². The first-order valence-corrected chi connectivity index (χ1v) is 7.64. The van der Waals surface area contributed by atoms with Crippen LogP contribution in [-0.2, 0) is 6.54 Å². The molecule has 1 aliphatic rings. The summed E-state index contributed by atoms with van der Waals surface area (Å²) < 4.78 is 29.5. The van der Waals surface area contributed by atoms with Gasteiger partial charge in [-0.2, -0.15) is 8.78 Å². The van der Waals surface area contributed by atoms with Crippen molar-refractivity contribution in [1.82, 2.24) is 10.2 Å². The Morgan fingerprint density at radius 1 is 1.38 bits per heavy atom. The predicted molar refractivity (Wildman–Crippen MR) is 79.6 cm³/mol. The van der Waals surface area contributed by atoms with Gasteiger partial charge in [0.25, 0.3) is 0 Å².